The smallest absolute Gasteiger partial charge is 0.315 e. The Kier molecular flexibility index (Phi) is 5.18. The number of carbonyl (C=O) groups excluding carboxylic acids is 1. The molecule has 22 heavy (non-hydrogen) atoms. The van der Waals surface area contributed by atoms with Crippen molar-refractivity contribution in [3.05, 3.63) is 54.0 Å². The van der Waals surface area contributed by atoms with Gasteiger partial charge in [0, 0.05) is 6.54 Å². The lowest BCUT2D eigenvalue weighted by molar-refractivity contribution is 0.239. The fourth-order valence-corrected chi connectivity index (χ4v) is 2.32. The molecule has 8 heteroatoms. The molecule has 0 aliphatic carbocycles. The van der Waals surface area contributed by atoms with Crippen LogP contribution in [0.25, 0.3) is 0 Å². The Morgan fingerprint density at radius 3 is 2.45 bits per heavy atom. The lowest BCUT2D eigenvalue weighted by Gasteiger charge is -2.07. The van der Waals surface area contributed by atoms with E-state index in [0.29, 0.717) is 25.3 Å². The van der Waals surface area contributed by atoms with E-state index in [1.807, 2.05) is 0 Å². The summed E-state index contributed by atoms with van der Waals surface area (Å²) in [4.78, 5) is 11.6. The number of furan rings is 1. The second-order valence-electron chi connectivity index (χ2n) is 4.63. The molecule has 7 nitrogen and oxygen atoms in total. The molecule has 2 amide bonds. The van der Waals surface area contributed by atoms with Crippen LogP contribution in [0.15, 0.2) is 52.0 Å². The summed E-state index contributed by atoms with van der Waals surface area (Å²) in [5, 5.41) is 10.4. The summed E-state index contributed by atoms with van der Waals surface area (Å²) in [5.74, 6) is 0.675. The zero-order chi connectivity index (χ0) is 16.0. The molecule has 2 aromatic rings. The second kappa shape index (κ2) is 7.10. The molecule has 1 aromatic heterocycles. The van der Waals surface area contributed by atoms with Crippen LogP contribution in [0, 0.1) is 0 Å². The zero-order valence-corrected chi connectivity index (χ0v) is 12.6. The molecule has 0 bridgehead atoms. The van der Waals surface area contributed by atoms with E-state index >= 15 is 0 Å². The average molecular weight is 323 g/mol. The van der Waals surface area contributed by atoms with Gasteiger partial charge in [-0.3, -0.25) is 0 Å². The van der Waals surface area contributed by atoms with E-state index in [9.17, 15) is 13.2 Å². The summed E-state index contributed by atoms with van der Waals surface area (Å²) in [6.45, 7) is 0.751. The third-order valence-corrected chi connectivity index (χ3v) is 3.88. The van der Waals surface area contributed by atoms with Crippen LogP contribution in [0.5, 0.6) is 0 Å². The van der Waals surface area contributed by atoms with E-state index in [0.717, 1.165) is 5.56 Å². The van der Waals surface area contributed by atoms with E-state index < -0.39 is 10.0 Å². The number of rotatable bonds is 6. The molecule has 4 N–H and O–H groups in total. The first-order valence-electron chi connectivity index (χ1n) is 6.61. The second-order valence-corrected chi connectivity index (χ2v) is 6.19. The Bertz CT molecular complexity index is 709. The minimum absolute atomic E-state index is 0.0698. The van der Waals surface area contributed by atoms with Crippen molar-refractivity contribution in [1.82, 2.24) is 10.6 Å². The van der Waals surface area contributed by atoms with Crippen molar-refractivity contribution >= 4 is 16.1 Å². The molecule has 2 rings (SSSR count). The number of carbonyl (C=O) groups is 1. The monoisotopic (exact) mass is 323 g/mol. The largest absolute Gasteiger partial charge is 0.467 e. The zero-order valence-electron chi connectivity index (χ0n) is 11.8. The van der Waals surface area contributed by atoms with Crippen molar-refractivity contribution in [2.75, 3.05) is 6.54 Å². The molecule has 0 atom stereocenters. The van der Waals surface area contributed by atoms with Gasteiger partial charge in [-0.15, -0.1) is 0 Å². The molecule has 0 radical (unpaired) electrons. The molecule has 0 saturated heterocycles. The van der Waals surface area contributed by atoms with Crippen molar-refractivity contribution < 1.29 is 17.6 Å². The van der Waals surface area contributed by atoms with Crippen LogP contribution in [-0.2, 0) is 23.0 Å². The highest BCUT2D eigenvalue weighted by molar-refractivity contribution is 7.89. The van der Waals surface area contributed by atoms with Gasteiger partial charge in [-0.25, -0.2) is 18.4 Å². The van der Waals surface area contributed by atoms with E-state index in [2.05, 4.69) is 10.6 Å². The Labute approximate surface area is 128 Å². The first-order valence-corrected chi connectivity index (χ1v) is 8.15. The van der Waals surface area contributed by atoms with Gasteiger partial charge in [-0.2, -0.15) is 0 Å². The number of benzene rings is 1. The summed E-state index contributed by atoms with van der Waals surface area (Å²) in [5.41, 5.74) is 0.902. The van der Waals surface area contributed by atoms with Crippen molar-refractivity contribution in [3.8, 4) is 0 Å². The fourth-order valence-electron chi connectivity index (χ4n) is 1.81. The normalized spacial score (nSPS) is 11.1. The molecule has 1 aromatic carbocycles. The minimum Gasteiger partial charge on any atom is -0.467 e. The first-order chi connectivity index (χ1) is 10.4. The number of hydrogen-bond acceptors (Lipinski definition) is 4. The van der Waals surface area contributed by atoms with Gasteiger partial charge in [0.05, 0.1) is 17.7 Å². The number of urea groups is 1. The summed E-state index contributed by atoms with van der Waals surface area (Å²) >= 11 is 0. The number of amides is 2. The lowest BCUT2D eigenvalue weighted by Crippen LogP contribution is -2.36. The summed E-state index contributed by atoms with van der Waals surface area (Å²) < 4.78 is 27.3. The van der Waals surface area contributed by atoms with Gasteiger partial charge >= 0.3 is 6.03 Å². The topological polar surface area (TPSA) is 114 Å². The predicted molar refractivity (Wildman–Crippen MR) is 80.5 cm³/mol. The number of sulfonamides is 1. The van der Waals surface area contributed by atoms with E-state index in [1.165, 1.54) is 12.1 Å². The van der Waals surface area contributed by atoms with Crippen LogP contribution < -0.4 is 15.8 Å². The number of nitrogens with one attached hydrogen (secondary N) is 2. The van der Waals surface area contributed by atoms with Gasteiger partial charge in [0.15, 0.2) is 0 Å². The van der Waals surface area contributed by atoms with E-state index in [1.54, 1.807) is 30.5 Å². The molecule has 0 saturated carbocycles. The van der Waals surface area contributed by atoms with Gasteiger partial charge in [0.25, 0.3) is 0 Å². The highest BCUT2D eigenvalue weighted by Crippen LogP contribution is 2.08. The summed E-state index contributed by atoms with van der Waals surface area (Å²) in [6.07, 6.45) is 2.12. The van der Waals surface area contributed by atoms with E-state index in [-0.39, 0.29) is 10.9 Å². The Balaban J connectivity index is 1.73. The Morgan fingerprint density at radius 2 is 1.86 bits per heavy atom. The highest BCUT2D eigenvalue weighted by Gasteiger charge is 2.07. The fraction of sp³-hybridized carbons (Fsp3) is 0.214. The number of nitrogens with two attached hydrogens (primary N) is 1. The van der Waals surface area contributed by atoms with Gasteiger partial charge in [0.2, 0.25) is 10.0 Å². The van der Waals surface area contributed by atoms with Crippen molar-refractivity contribution in [2.45, 2.75) is 17.9 Å². The highest BCUT2D eigenvalue weighted by atomic mass is 32.2. The third-order valence-electron chi connectivity index (χ3n) is 2.95. The van der Waals surface area contributed by atoms with Crippen LogP contribution in [-0.4, -0.2) is 21.0 Å². The van der Waals surface area contributed by atoms with Crippen LogP contribution in [0.4, 0.5) is 4.79 Å². The molecule has 0 aliphatic heterocycles. The average Bonchev–Trinajstić information content (AvgIpc) is 2.98. The van der Waals surface area contributed by atoms with Crippen LogP contribution >= 0.6 is 0 Å². The summed E-state index contributed by atoms with van der Waals surface area (Å²) in [7, 11) is -3.67. The van der Waals surface area contributed by atoms with Gasteiger partial charge in [-0.05, 0) is 36.2 Å². The standard InChI is InChI=1S/C14H17N3O4S/c15-22(19,20)13-5-3-11(4-6-13)7-8-16-14(18)17-10-12-2-1-9-21-12/h1-6,9H,7-8,10H2,(H2,15,19,20)(H2,16,17,18). The van der Waals surface area contributed by atoms with Crippen LogP contribution in [0.3, 0.4) is 0 Å². The number of hydrogen-bond donors (Lipinski definition) is 3. The Hall–Kier alpha value is -2.32. The van der Waals surface area contributed by atoms with Crippen LogP contribution in [0.1, 0.15) is 11.3 Å². The lowest BCUT2D eigenvalue weighted by atomic mass is 10.1. The first kappa shape index (κ1) is 16.1. The quantitative estimate of drug-likeness (QED) is 0.734. The summed E-state index contributed by atoms with van der Waals surface area (Å²) in [6, 6.07) is 9.46. The van der Waals surface area contributed by atoms with Crippen LogP contribution in [0.2, 0.25) is 0 Å². The molecule has 1 heterocycles. The molecular weight excluding hydrogens is 306 g/mol. The predicted octanol–water partition coefficient (Wildman–Crippen LogP) is 0.969. The molecule has 118 valence electrons. The maximum Gasteiger partial charge on any atom is 0.315 e. The Morgan fingerprint density at radius 1 is 1.14 bits per heavy atom. The molecule has 0 unspecified atom stereocenters. The van der Waals surface area contributed by atoms with Crippen molar-refractivity contribution in [2.24, 2.45) is 5.14 Å². The maximum atomic E-state index is 11.6. The molecule has 0 spiro atoms. The molecular formula is C14H17N3O4S. The van der Waals surface area contributed by atoms with Crippen molar-refractivity contribution in [1.29, 1.82) is 0 Å². The minimum atomic E-state index is -3.67. The third kappa shape index (κ3) is 4.90. The van der Waals surface area contributed by atoms with E-state index in [4.69, 9.17) is 9.56 Å². The van der Waals surface area contributed by atoms with Gasteiger partial charge < -0.3 is 15.1 Å². The maximum absolute atomic E-state index is 11.6. The van der Waals surface area contributed by atoms with Crippen molar-refractivity contribution in [3.63, 3.8) is 0 Å². The molecule has 0 aliphatic rings. The van der Waals surface area contributed by atoms with Gasteiger partial charge in [-0.1, -0.05) is 12.1 Å². The number of primary sulfonamides is 1. The SMILES string of the molecule is NS(=O)(=O)c1ccc(CCNC(=O)NCc2ccco2)cc1. The van der Waals surface area contributed by atoms with Gasteiger partial charge in [0.1, 0.15) is 5.76 Å². The molecule has 0 fully saturated rings.